The number of para-hydroxylation sites is 1. The number of hydrogen-bond acceptors (Lipinski definition) is 5. The number of rotatable bonds is 3. The largest absolute Gasteiger partial charge is 0.354 e. The van der Waals surface area contributed by atoms with Crippen molar-refractivity contribution in [2.45, 2.75) is 33.1 Å². The molecule has 0 N–H and O–H groups in total. The Kier molecular flexibility index (Phi) is 5.57. The van der Waals surface area contributed by atoms with Crippen molar-refractivity contribution in [3.8, 4) is 0 Å². The molecule has 0 radical (unpaired) electrons. The molecular formula is C22H29N5O. The topological polar surface area (TPSA) is 52.6 Å². The average molecular weight is 380 g/mol. The lowest BCUT2D eigenvalue weighted by Crippen LogP contribution is -2.50. The minimum atomic E-state index is 0.219. The molecule has 2 aromatic rings. The molecule has 0 bridgehead atoms. The number of anilines is 2. The van der Waals surface area contributed by atoms with Gasteiger partial charge >= 0.3 is 0 Å². The zero-order valence-corrected chi connectivity index (χ0v) is 16.9. The van der Waals surface area contributed by atoms with Gasteiger partial charge in [-0.05, 0) is 44.7 Å². The first kappa shape index (κ1) is 18.9. The van der Waals surface area contributed by atoms with Crippen LogP contribution in [0.4, 0.5) is 11.5 Å². The van der Waals surface area contributed by atoms with Gasteiger partial charge in [0.2, 0.25) is 5.91 Å². The van der Waals surface area contributed by atoms with Crippen molar-refractivity contribution in [1.29, 1.82) is 0 Å². The highest BCUT2D eigenvalue weighted by atomic mass is 16.2. The van der Waals surface area contributed by atoms with Crippen molar-refractivity contribution in [1.82, 2.24) is 14.9 Å². The summed E-state index contributed by atoms with van der Waals surface area (Å²) in [6, 6.07) is 10.4. The summed E-state index contributed by atoms with van der Waals surface area (Å²) in [6.07, 6.45) is 3.29. The van der Waals surface area contributed by atoms with Crippen molar-refractivity contribution in [2.24, 2.45) is 0 Å². The number of hydrogen-bond donors (Lipinski definition) is 0. The Labute approximate surface area is 167 Å². The molecule has 6 heteroatoms. The Bertz CT molecular complexity index is 824. The zero-order chi connectivity index (χ0) is 19.5. The molecule has 28 heavy (non-hydrogen) atoms. The van der Waals surface area contributed by atoms with Gasteiger partial charge in [0.15, 0.2) is 0 Å². The van der Waals surface area contributed by atoms with Crippen LogP contribution in [-0.4, -0.2) is 60.0 Å². The molecule has 0 saturated carbocycles. The Hall–Kier alpha value is -2.47. The average Bonchev–Trinajstić information content (AvgIpc) is 2.90. The monoisotopic (exact) mass is 379 g/mol. The summed E-state index contributed by atoms with van der Waals surface area (Å²) in [5.74, 6) is 2.03. The van der Waals surface area contributed by atoms with Crippen LogP contribution in [0.5, 0.6) is 0 Å². The van der Waals surface area contributed by atoms with Crippen molar-refractivity contribution >= 4 is 17.4 Å². The normalized spacial score (nSPS) is 17.9. The Morgan fingerprint density at radius 1 is 1.00 bits per heavy atom. The molecule has 3 heterocycles. The smallest absolute Gasteiger partial charge is 0.241 e. The Morgan fingerprint density at radius 3 is 2.57 bits per heavy atom. The van der Waals surface area contributed by atoms with Gasteiger partial charge in [-0.1, -0.05) is 18.2 Å². The summed E-state index contributed by atoms with van der Waals surface area (Å²) in [5, 5.41) is 0. The highest BCUT2D eigenvalue weighted by Crippen LogP contribution is 2.26. The molecule has 0 spiro atoms. The lowest BCUT2D eigenvalue weighted by atomic mass is 10.1. The van der Waals surface area contributed by atoms with Crippen LogP contribution in [0.2, 0.25) is 0 Å². The van der Waals surface area contributed by atoms with Gasteiger partial charge in [-0.15, -0.1) is 0 Å². The summed E-state index contributed by atoms with van der Waals surface area (Å²) < 4.78 is 0. The van der Waals surface area contributed by atoms with E-state index in [1.165, 1.54) is 5.56 Å². The molecular weight excluding hydrogens is 350 g/mol. The summed E-state index contributed by atoms with van der Waals surface area (Å²) in [5.41, 5.74) is 3.41. The molecule has 2 aliphatic rings. The first-order valence-corrected chi connectivity index (χ1v) is 10.3. The molecule has 0 unspecified atom stereocenters. The fourth-order valence-electron chi connectivity index (χ4n) is 4.22. The molecule has 0 atom stereocenters. The van der Waals surface area contributed by atoms with Crippen LogP contribution in [0.25, 0.3) is 0 Å². The predicted molar refractivity (Wildman–Crippen MR) is 112 cm³/mol. The van der Waals surface area contributed by atoms with E-state index in [1.54, 1.807) is 0 Å². The van der Waals surface area contributed by atoms with Crippen LogP contribution >= 0.6 is 0 Å². The minimum absolute atomic E-state index is 0.219. The second-order valence-electron chi connectivity index (χ2n) is 7.81. The van der Waals surface area contributed by atoms with Crippen LogP contribution in [0, 0.1) is 13.8 Å². The van der Waals surface area contributed by atoms with Gasteiger partial charge in [0.1, 0.15) is 11.6 Å². The van der Waals surface area contributed by atoms with E-state index in [0.717, 1.165) is 75.0 Å². The molecule has 1 aromatic heterocycles. The summed E-state index contributed by atoms with van der Waals surface area (Å²) in [4.78, 5) is 28.6. The number of fused-ring (bicyclic) bond motifs is 1. The van der Waals surface area contributed by atoms with Crippen LogP contribution in [0.3, 0.4) is 0 Å². The van der Waals surface area contributed by atoms with Gasteiger partial charge in [-0.25, -0.2) is 9.97 Å². The number of amides is 1. The van der Waals surface area contributed by atoms with E-state index in [0.29, 0.717) is 6.54 Å². The van der Waals surface area contributed by atoms with E-state index in [9.17, 15) is 4.79 Å². The van der Waals surface area contributed by atoms with Gasteiger partial charge in [0, 0.05) is 50.2 Å². The van der Waals surface area contributed by atoms with Crippen LogP contribution in [-0.2, 0) is 11.2 Å². The highest BCUT2D eigenvalue weighted by molar-refractivity contribution is 5.95. The molecule has 1 aromatic carbocycles. The number of benzene rings is 1. The third-order valence-corrected chi connectivity index (χ3v) is 5.67. The second-order valence-corrected chi connectivity index (χ2v) is 7.81. The maximum atomic E-state index is 13.1. The van der Waals surface area contributed by atoms with Gasteiger partial charge < -0.3 is 9.80 Å². The van der Waals surface area contributed by atoms with Crippen molar-refractivity contribution in [3.63, 3.8) is 0 Å². The fraction of sp³-hybridized carbons (Fsp3) is 0.500. The number of aryl methyl sites for hydroxylation is 3. The Morgan fingerprint density at radius 2 is 1.79 bits per heavy atom. The molecule has 0 aliphatic carbocycles. The van der Waals surface area contributed by atoms with Crippen molar-refractivity contribution in [3.05, 3.63) is 47.4 Å². The van der Waals surface area contributed by atoms with Gasteiger partial charge in [0.05, 0.1) is 6.54 Å². The maximum Gasteiger partial charge on any atom is 0.241 e. The van der Waals surface area contributed by atoms with E-state index < -0.39 is 0 Å². The first-order valence-electron chi connectivity index (χ1n) is 10.3. The summed E-state index contributed by atoms with van der Waals surface area (Å²) in [6.45, 7) is 8.79. The lowest BCUT2D eigenvalue weighted by Gasteiger charge is -2.36. The van der Waals surface area contributed by atoms with E-state index in [4.69, 9.17) is 0 Å². The number of piperazine rings is 1. The zero-order valence-electron chi connectivity index (χ0n) is 16.9. The summed E-state index contributed by atoms with van der Waals surface area (Å²) in [7, 11) is 0. The lowest BCUT2D eigenvalue weighted by molar-refractivity contribution is -0.119. The maximum absolute atomic E-state index is 13.1. The molecule has 6 nitrogen and oxygen atoms in total. The molecule has 2 aliphatic heterocycles. The van der Waals surface area contributed by atoms with E-state index in [2.05, 4.69) is 38.0 Å². The standard InChI is InChI=1S/C22H29N5O/c1-17-15-21(24-18(2)23-17)26-13-11-25(12-14-26)16-22(28)27-10-6-5-8-19-7-3-4-9-20(19)27/h3-4,7,9,15H,5-6,8,10-14,16H2,1-2H3. The number of carbonyl (C=O) groups is 1. The van der Waals surface area contributed by atoms with Crippen LogP contribution < -0.4 is 9.80 Å². The highest BCUT2D eigenvalue weighted by Gasteiger charge is 2.25. The Balaban J connectivity index is 1.38. The van der Waals surface area contributed by atoms with Crippen LogP contribution in [0.1, 0.15) is 29.9 Å². The minimum Gasteiger partial charge on any atom is -0.354 e. The van der Waals surface area contributed by atoms with Crippen LogP contribution in [0.15, 0.2) is 30.3 Å². The third kappa shape index (κ3) is 4.17. The molecule has 1 saturated heterocycles. The molecule has 148 valence electrons. The molecule has 4 rings (SSSR count). The third-order valence-electron chi connectivity index (χ3n) is 5.67. The number of nitrogens with zero attached hydrogens (tertiary/aromatic N) is 5. The quantitative estimate of drug-likeness (QED) is 0.820. The number of carbonyl (C=O) groups excluding carboxylic acids is 1. The second kappa shape index (κ2) is 8.27. The van der Waals surface area contributed by atoms with Crippen molar-refractivity contribution < 1.29 is 4.79 Å². The molecule has 1 amide bonds. The van der Waals surface area contributed by atoms with Gasteiger partial charge in [-0.3, -0.25) is 9.69 Å². The van der Waals surface area contributed by atoms with Gasteiger partial charge in [0.25, 0.3) is 0 Å². The van der Waals surface area contributed by atoms with Gasteiger partial charge in [-0.2, -0.15) is 0 Å². The summed E-state index contributed by atoms with van der Waals surface area (Å²) >= 11 is 0. The number of aromatic nitrogens is 2. The van der Waals surface area contributed by atoms with Crippen molar-refractivity contribution in [2.75, 3.05) is 49.1 Å². The van der Waals surface area contributed by atoms with E-state index in [1.807, 2.05) is 30.9 Å². The predicted octanol–water partition coefficient (Wildman–Crippen LogP) is 2.58. The van der Waals surface area contributed by atoms with E-state index >= 15 is 0 Å². The first-order chi connectivity index (χ1) is 13.6. The molecule has 1 fully saturated rings. The SMILES string of the molecule is Cc1cc(N2CCN(CC(=O)N3CCCCc4ccccc43)CC2)nc(C)n1. The van der Waals surface area contributed by atoms with E-state index in [-0.39, 0.29) is 5.91 Å². The fourth-order valence-corrected chi connectivity index (χ4v) is 4.22.